The van der Waals surface area contributed by atoms with Gasteiger partial charge in [0.1, 0.15) is 0 Å². The third-order valence-corrected chi connectivity index (χ3v) is 3.94. The molecule has 3 unspecified atom stereocenters. The van der Waals surface area contributed by atoms with Crippen molar-refractivity contribution in [2.24, 2.45) is 5.92 Å². The van der Waals surface area contributed by atoms with Crippen LogP contribution < -0.4 is 5.43 Å². The summed E-state index contributed by atoms with van der Waals surface area (Å²) in [6.07, 6.45) is 4.20. The Morgan fingerprint density at radius 1 is 1.45 bits per heavy atom. The number of nitrogens with one attached hydrogen (secondary N) is 1. The first-order chi connectivity index (χ1) is 5.25. The van der Waals surface area contributed by atoms with Crippen LogP contribution in [0.4, 0.5) is 0 Å². The highest BCUT2D eigenvalue weighted by molar-refractivity contribution is 14.1. The van der Waals surface area contributed by atoms with E-state index >= 15 is 0 Å². The van der Waals surface area contributed by atoms with Gasteiger partial charge in [-0.25, -0.2) is 5.01 Å². The zero-order valence-electron chi connectivity index (χ0n) is 6.89. The summed E-state index contributed by atoms with van der Waals surface area (Å²) in [6, 6.07) is 0.797. The zero-order chi connectivity index (χ0) is 7.84. The van der Waals surface area contributed by atoms with E-state index in [9.17, 15) is 0 Å². The van der Waals surface area contributed by atoms with Gasteiger partial charge in [-0.3, -0.25) is 5.43 Å². The Morgan fingerprint density at radius 2 is 2.27 bits per heavy atom. The Balaban J connectivity index is 1.97. The molecule has 0 amide bonds. The van der Waals surface area contributed by atoms with E-state index in [1.165, 1.54) is 25.8 Å². The maximum absolute atomic E-state index is 3.51. The van der Waals surface area contributed by atoms with Gasteiger partial charge >= 0.3 is 0 Å². The van der Waals surface area contributed by atoms with Crippen LogP contribution in [-0.4, -0.2) is 28.6 Å². The van der Waals surface area contributed by atoms with Crippen LogP contribution in [0.1, 0.15) is 19.3 Å². The van der Waals surface area contributed by atoms with Crippen LogP contribution in [0.5, 0.6) is 0 Å². The van der Waals surface area contributed by atoms with Crippen molar-refractivity contribution in [1.82, 2.24) is 10.4 Å². The molecule has 0 aromatic heterocycles. The number of halogens is 1. The summed E-state index contributed by atoms with van der Waals surface area (Å²) in [7, 11) is 2.15. The lowest BCUT2D eigenvalue weighted by atomic mass is 9.86. The predicted molar refractivity (Wildman–Crippen MR) is 54.7 cm³/mol. The van der Waals surface area contributed by atoms with Gasteiger partial charge in [-0.2, -0.15) is 0 Å². The van der Waals surface area contributed by atoms with E-state index in [0.29, 0.717) is 0 Å². The van der Waals surface area contributed by atoms with E-state index in [0.717, 1.165) is 15.9 Å². The van der Waals surface area contributed by atoms with Crippen LogP contribution in [0, 0.1) is 5.92 Å². The molecule has 1 saturated heterocycles. The van der Waals surface area contributed by atoms with Gasteiger partial charge in [0.2, 0.25) is 0 Å². The number of fused-ring (bicyclic) bond motifs is 1. The molecule has 0 aromatic carbocycles. The maximum atomic E-state index is 3.51. The van der Waals surface area contributed by atoms with Crippen molar-refractivity contribution < 1.29 is 0 Å². The van der Waals surface area contributed by atoms with Crippen LogP contribution in [0.15, 0.2) is 0 Å². The monoisotopic (exact) mass is 266 g/mol. The summed E-state index contributed by atoms with van der Waals surface area (Å²) in [5, 5.41) is 2.25. The number of alkyl halides is 1. The Bertz CT molecular complexity index is 151. The van der Waals surface area contributed by atoms with E-state index in [1.54, 1.807) is 0 Å². The summed E-state index contributed by atoms with van der Waals surface area (Å²) < 4.78 is 0.933. The molecule has 1 aliphatic carbocycles. The molecule has 3 heteroatoms. The lowest BCUT2D eigenvalue weighted by Gasteiger charge is -2.27. The smallest absolute Gasteiger partial charge is 0.0256 e. The van der Waals surface area contributed by atoms with E-state index in [1.807, 2.05) is 0 Å². The molecule has 2 aliphatic rings. The molecule has 2 rings (SSSR count). The molecule has 1 saturated carbocycles. The van der Waals surface area contributed by atoms with E-state index in [2.05, 4.69) is 40.1 Å². The molecule has 2 fully saturated rings. The molecule has 1 heterocycles. The number of hydrogen-bond acceptors (Lipinski definition) is 2. The van der Waals surface area contributed by atoms with Crippen LogP contribution in [0.3, 0.4) is 0 Å². The predicted octanol–water partition coefficient (Wildman–Crippen LogP) is 1.41. The molecular weight excluding hydrogens is 251 g/mol. The number of hydrogen-bond donors (Lipinski definition) is 1. The minimum atomic E-state index is 0.797. The molecule has 11 heavy (non-hydrogen) atoms. The Labute approximate surface area is 81.8 Å². The highest BCUT2D eigenvalue weighted by Gasteiger charge is 2.35. The lowest BCUT2D eigenvalue weighted by Crippen LogP contribution is -2.36. The third kappa shape index (κ3) is 1.70. The number of hydrazine groups is 1. The van der Waals surface area contributed by atoms with Crippen LogP contribution >= 0.6 is 22.6 Å². The SMILES string of the molecule is CN1CC2CC(I)CCC2N1. The maximum Gasteiger partial charge on any atom is 0.0256 e. The van der Waals surface area contributed by atoms with Crippen molar-refractivity contribution in [3.63, 3.8) is 0 Å². The van der Waals surface area contributed by atoms with Crippen molar-refractivity contribution in [3.05, 3.63) is 0 Å². The van der Waals surface area contributed by atoms with Gasteiger partial charge < -0.3 is 0 Å². The van der Waals surface area contributed by atoms with E-state index in [4.69, 9.17) is 0 Å². The lowest BCUT2D eigenvalue weighted by molar-refractivity contribution is 0.283. The molecule has 0 spiro atoms. The fraction of sp³-hybridized carbons (Fsp3) is 1.00. The van der Waals surface area contributed by atoms with Gasteiger partial charge in [-0.15, -0.1) is 0 Å². The number of rotatable bonds is 0. The Hall–Kier alpha value is 0.650. The summed E-state index contributed by atoms with van der Waals surface area (Å²) in [4.78, 5) is 0. The molecule has 1 N–H and O–H groups in total. The van der Waals surface area contributed by atoms with E-state index < -0.39 is 0 Å². The summed E-state index contributed by atoms with van der Waals surface area (Å²) >= 11 is 2.59. The zero-order valence-corrected chi connectivity index (χ0v) is 9.04. The molecule has 0 aromatic rings. The van der Waals surface area contributed by atoms with Crippen molar-refractivity contribution in [1.29, 1.82) is 0 Å². The fourth-order valence-corrected chi connectivity index (χ4v) is 3.28. The minimum Gasteiger partial charge on any atom is -0.252 e. The van der Waals surface area contributed by atoms with Gasteiger partial charge in [-0.05, 0) is 25.2 Å². The first-order valence-electron chi connectivity index (χ1n) is 4.37. The highest BCUT2D eigenvalue weighted by atomic mass is 127. The average molecular weight is 266 g/mol. The summed E-state index contributed by atoms with van der Waals surface area (Å²) in [6.45, 7) is 1.25. The van der Waals surface area contributed by atoms with Crippen molar-refractivity contribution >= 4 is 22.6 Å². The summed E-state index contributed by atoms with van der Waals surface area (Å²) in [5.41, 5.74) is 3.51. The molecule has 1 aliphatic heterocycles. The largest absolute Gasteiger partial charge is 0.252 e. The molecule has 0 bridgehead atoms. The number of nitrogens with zero attached hydrogens (tertiary/aromatic N) is 1. The molecule has 64 valence electrons. The third-order valence-electron chi connectivity index (χ3n) is 2.81. The first kappa shape index (κ1) is 8.26. The average Bonchev–Trinajstić information content (AvgIpc) is 2.27. The van der Waals surface area contributed by atoms with Crippen LogP contribution in [0.25, 0.3) is 0 Å². The second-order valence-electron chi connectivity index (χ2n) is 3.79. The minimum absolute atomic E-state index is 0.797. The first-order valence-corrected chi connectivity index (χ1v) is 5.61. The van der Waals surface area contributed by atoms with Gasteiger partial charge in [0.05, 0.1) is 0 Å². The molecule has 3 atom stereocenters. The highest BCUT2D eigenvalue weighted by Crippen LogP contribution is 2.32. The second-order valence-corrected chi connectivity index (χ2v) is 5.55. The second kappa shape index (κ2) is 3.18. The quantitative estimate of drug-likeness (QED) is 0.527. The Kier molecular flexibility index (Phi) is 2.39. The standard InChI is InChI=1S/C8H15IN2/c1-11-5-6-4-7(9)2-3-8(6)10-11/h6-8,10H,2-5H2,1H3. The van der Waals surface area contributed by atoms with Gasteiger partial charge in [0.15, 0.2) is 0 Å². The molecular formula is C8H15IN2. The topological polar surface area (TPSA) is 15.3 Å². The van der Waals surface area contributed by atoms with Crippen molar-refractivity contribution in [2.45, 2.75) is 29.2 Å². The normalized spacial score (nSPS) is 45.8. The molecule has 2 nitrogen and oxygen atoms in total. The van der Waals surface area contributed by atoms with Crippen molar-refractivity contribution in [2.75, 3.05) is 13.6 Å². The summed E-state index contributed by atoms with van der Waals surface area (Å²) in [5.74, 6) is 0.927. The van der Waals surface area contributed by atoms with Crippen LogP contribution in [0.2, 0.25) is 0 Å². The van der Waals surface area contributed by atoms with E-state index in [-0.39, 0.29) is 0 Å². The van der Waals surface area contributed by atoms with Crippen LogP contribution in [-0.2, 0) is 0 Å². The van der Waals surface area contributed by atoms with Crippen molar-refractivity contribution in [3.8, 4) is 0 Å². The van der Waals surface area contributed by atoms with Gasteiger partial charge in [-0.1, -0.05) is 22.6 Å². The van der Waals surface area contributed by atoms with Gasteiger partial charge in [0, 0.05) is 23.6 Å². The Morgan fingerprint density at radius 3 is 3.09 bits per heavy atom. The molecule has 0 radical (unpaired) electrons. The fourth-order valence-electron chi connectivity index (χ4n) is 2.27. The van der Waals surface area contributed by atoms with Gasteiger partial charge in [0.25, 0.3) is 0 Å².